The lowest BCUT2D eigenvalue weighted by molar-refractivity contribution is -0.115. The smallest absolute Gasteiger partial charge is 0.237 e. The molecule has 1 N–H and O–H groups in total. The average Bonchev–Trinajstić information content (AvgIpc) is 3.08. The first-order valence-electron chi connectivity index (χ1n) is 8.76. The van der Waals surface area contributed by atoms with Crippen molar-refractivity contribution in [2.24, 2.45) is 0 Å². The number of benzene rings is 2. The molecule has 3 aromatic rings. The topological polar surface area (TPSA) is 72.7 Å². The summed E-state index contributed by atoms with van der Waals surface area (Å²) in [7, 11) is 0. The summed E-state index contributed by atoms with van der Waals surface area (Å²) >= 11 is 1.33. The number of nitrogens with one attached hydrogen (secondary N) is 1. The van der Waals surface area contributed by atoms with Crippen molar-refractivity contribution in [1.82, 2.24) is 20.2 Å². The number of carbonyl (C=O) groups is 1. The summed E-state index contributed by atoms with van der Waals surface area (Å²) in [6.45, 7) is 9.95. The molecule has 0 radical (unpaired) electrons. The normalized spacial score (nSPS) is 12.0. The third-order valence-corrected chi connectivity index (χ3v) is 5.51. The lowest BCUT2D eigenvalue weighted by atomic mass is 10.1. The monoisotopic (exact) mass is 381 g/mol. The Hall–Kier alpha value is -2.67. The molecule has 140 valence electrons. The van der Waals surface area contributed by atoms with E-state index in [4.69, 9.17) is 0 Å². The number of thioether (sulfide) groups is 1. The Morgan fingerprint density at radius 3 is 2.52 bits per heavy atom. The van der Waals surface area contributed by atoms with Crippen molar-refractivity contribution in [3.05, 3.63) is 58.7 Å². The number of hydrogen-bond donors (Lipinski definition) is 1. The predicted molar refractivity (Wildman–Crippen MR) is 108 cm³/mol. The van der Waals surface area contributed by atoms with Gasteiger partial charge < -0.3 is 5.32 Å². The highest BCUT2D eigenvalue weighted by atomic mass is 32.2. The second-order valence-electron chi connectivity index (χ2n) is 6.71. The molecule has 0 aliphatic heterocycles. The molecular formula is C20H23N5OS. The number of aryl methyl sites for hydroxylation is 4. The molecule has 0 saturated carbocycles. The number of tetrazole rings is 1. The second-order valence-corrected chi connectivity index (χ2v) is 8.02. The molecule has 3 rings (SSSR count). The molecule has 1 amide bonds. The molecule has 0 aliphatic carbocycles. The zero-order valence-electron chi connectivity index (χ0n) is 16.1. The van der Waals surface area contributed by atoms with E-state index in [1.807, 2.05) is 57.2 Å². The van der Waals surface area contributed by atoms with E-state index in [1.165, 1.54) is 22.9 Å². The molecule has 0 fully saturated rings. The van der Waals surface area contributed by atoms with Crippen molar-refractivity contribution in [3.8, 4) is 5.69 Å². The summed E-state index contributed by atoms with van der Waals surface area (Å²) < 4.78 is 1.67. The van der Waals surface area contributed by atoms with Crippen LogP contribution in [-0.2, 0) is 4.79 Å². The van der Waals surface area contributed by atoms with E-state index in [0.29, 0.717) is 5.16 Å². The van der Waals surface area contributed by atoms with Crippen molar-refractivity contribution in [2.75, 3.05) is 5.32 Å². The minimum Gasteiger partial charge on any atom is -0.325 e. The number of aromatic nitrogens is 4. The van der Waals surface area contributed by atoms with Crippen LogP contribution in [0.15, 0.2) is 41.6 Å². The fourth-order valence-corrected chi connectivity index (χ4v) is 3.40. The third kappa shape index (κ3) is 4.36. The molecule has 1 aromatic heterocycles. The molecule has 0 aliphatic rings. The molecule has 0 saturated heterocycles. The van der Waals surface area contributed by atoms with Crippen molar-refractivity contribution < 1.29 is 4.79 Å². The molecule has 1 atom stereocenters. The van der Waals surface area contributed by atoms with Crippen molar-refractivity contribution in [2.45, 2.75) is 45.0 Å². The van der Waals surface area contributed by atoms with Crippen LogP contribution in [0.1, 0.15) is 29.2 Å². The van der Waals surface area contributed by atoms with E-state index in [-0.39, 0.29) is 11.2 Å². The number of amides is 1. The van der Waals surface area contributed by atoms with E-state index < -0.39 is 0 Å². The van der Waals surface area contributed by atoms with Crippen molar-refractivity contribution in [3.63, 3.8) is 0 Å². The van der Waals surface area contributed by atoms with Crippen LogP contribution in [0, 0.1) is 27.7 Å². The van der Waals surface area contributed by atoms with Crippen molar-refractivity contribution >= 4 is 23.4 Å². The highest BCUT2D eigenvalue weighted by molar-refractivity contribution is 8.00. The summed E-state index contributed by atoms with van der Waals surface area (Å²) in [6.07, 6.45) is 0. The van der Waals surface area contributed by atoms with Gasteiger partial charge in [-0.25, -0.2) is 0 Å². The number of hydrogen-bond acceptors (Lipinski definition) is 5. The van der Waals surface area contributed by atoms with Gasteiger partial charge in [-0.15, -0.1) is 5.10 Å². The van der Waals surface area contributed by atoms with Crippen LogP contribution in [-0.4, -0.2) is 31.4 Å². The van der Waals surface area contributed by atoms with Crippen LogP contribution in [0.5, 0.6) is 0 Å². The largest absolute Gasteiger partial charge is 0.325 e. The first-order chi connectivity index (χ1) is 12.8. The van der Waals surface area contributed by atoms with Gasteiger partial charge in [-0.1, -0.05) is 30.0 Å². The first-order valence-corrected chi connectivity index (χ1v) is 9.64. The van der Waals surface area contributed by atoms with Crippen LogP contribution >= 0.6 is 11.8 Å². The van der Waals surface area contributed by atoms with E-state index >= 15 is 0 Å². The molecular weight excluding hydrogens is 358 g/mol. The molecule has 1 heterocycles. The van der Waals surface area contributed by atoms with Crippen LogP contribution in [0.4, 0.5) is 5.69 Å². The molecule has 0 unspecified atom stereocenters. The zero-order chi connectivity index (χ0) is 19.6. The number of nitrogens with zero attached hydrogens (tertiary/aromatic N) is 4. The highest BCUT2D eigenvalue weighted by Gasteiger charge is 2.20. The van der Waals surface area contributed by atoms with Crippen molar-refractivity contribution in [1.29, 1.82) is 0 Å². The van der Waals surface area contributed by atoms with Gasteiger partial charge in [0.1, 0.15) is 0 Å². The van der Waals surface area contributed by atoms with Gasteiger partial charge in [-0.05, 0) is 85.5 Å². The van der Waals surface area contributed by atoms with Gasteiger partial charge in [0.25, 0.3) is 0 Å². The lowest BCUT2D eigenvalue weighted by Gasteiger charge is -2.14. The molecule has 0 spiro atoms. The zero-order valence-corrected chi connectivity index (χ0v) is 17.0. The van der Waals surface area contributed by atoms with Gasteiger partial charge in [0.15, 0.2) is 0 Å². The Balaban J connectivity index is 1.75. The Morgan fingerprint density at radius 1 is 1.04 bits per heavy atom. The first kappa shape index (κ1) is 19.1. The summed E-state index contributed by atoms with van der Waals surface area (Å²) in [5.41, 5.74) is 6.23. The van der Waals surface area contributed by atoms with Gasteiger partial charge in [0.2, 0.25) is 11.1 Å². The minimum absolute atomic E-state index is 0.0802. The van der Waals surface area contributed by atoms with Gasteiger partial charge in [0, 0.05) is 5.69 Å². The minimum atomic E-state index is -0.346. The second kappa shape index (κ2) is 7.92. The summed E-state index contributed by atoms with van der Waals surface area (Å²) in [5, 5.41) is 15.2. The molecule has 6 nitrogen and oxygen atoms in total. The van der Waals surface area contributed by atoms with Crippen LogP contribution < -0.4 is 5.32 Å². The third-order valence-electron chi connectivity index (χ3n) is 4.48. The maximum atomic E-state index is 12.6. The summed E-state index contributed by atoms with van der Waals surface area (Å²) in [5.74, 6) is -0.0802. The number of carbonyl (C=O) groups excluding carboxylic acids is 1. The van der Waals surface area contributed by atoms with Gasteiger partial charge >= 0.3 is 0 Å². The van der Waals surface area contributed by atoms with E-state index in [9.17, 15) is 4.79 Å². The van der Waals surface area contributed by atoms with Crippen LogP contribution in [0.25, 0.3) is 5.69 Å². The maximum absolute atomic E-state index is 12.6. The SMILES string of the molecule is Cc1ccc(C)c(NC(=O)[C@@H](C)Sc2nnnn2-c2ccc(C)c(C)c2)c1. The Labute approximate surface area is 163 Å². The maximum Gasteiger partial charge on any atom is 0.237 e. The summed E-state index contributed by atoms with van der Waals surface area (Å²) in [4.78, 5) is 12.6. The van der Waals surface area contributed by atoms with Gasteiger partial charge in [-0.2, -0.15) is 4.68 Å². The molecule has 27 heavy (non-hydrogen) atoms. The van der Waals surface area contributed by atoms with Crippen LogP contribution in [0.3, 0.4) is 0 Å². The Morgan fingerprint density at radius 2 is 1.78 bits per heavy atom. The molecule has 7 heteroatoms. The highest BCUT2D eigenvalue weighted by Crippen LogP contribution is 2.25. The van der Waals surface area contributed by atoms with Gasteiger partial charge in [-0.3, -0.25) is 4.79 Å². The quantitative estimate of drug-likeness (QED) is 0.676. The predicted octanol–water partition coefficient (Wildman–Crippen LogP) is 4.02. The Kier molecular flexibility index (Phi) is 5.60. The fourth-order valence-electron chi connectivity index (χ4n) is 2.59. The van der Waals surface area contributed by atoms with E-state index in [1.54, 1.807) is 4.68 Å². The average molecular weight is 382 g/mol. The van der Waals surface area contributed by atoms with Gasteiger partial charge in [0.05, 0.1) is 10.9 Å². The van der Waals surface area contributed by atoms with Crippen LogP contribution in [0.2, 0.25) is 0 Å². The fraction of sp³-hybridized carbons (Fsp3) is 0.300. The van der Waals surface area contributed by atoms with E-state index in [2.05, 4.69) is 34.7 Å². The molecule has 2 aromatic carbocycles. The number of rotatable bonds is 5. The Bertz CT molecular complexity index is 982. The number of anilines is 1. The standard InChI is InChI=1S/C20H23N5OS/c1-12-6-7-14(3)18(10-12)21-19(26)16(5)27-20-22-23-24-25(20)17-9-8-13(2)15(4)11-17/h6-11,16H,1-5H3,(H,21,26)/t16-/m1/s1. The lowest BCUT2D eigenvalue weighted by Crippen LogP contribution is -2.23. The summed E-state index contributed by atoms with van der Waals surface area (Å²) in [6, 6.07) is 12.1. The molecule has 0 bridgehead atoms. The van der Waals surface area contributed by atoms with E-state index in [0.717, 1.165) is 22.5 Å².